The van der Waals surface area contributed by atoms with Gasteiger partial charge in [-0.05, 0) is 38.6 Å². The molecule has 1 aromatic carbocycles. The molecule has 0 radical (unpaired) electrons. The number of hydrogen-bond donors (Lipinski definition) is 1. The third kappa shape index (κ3) is 3.11. The van der Waals surface area contributed by atoms with E-state index in [-0.39, 0.29) is 0 Å². The highest BCUT2D eigenvalue weighted by molar-refractivity contribution is 5.74. The van der Waals surface area contributed by atoms with Gasteiger partial charge in [-0.2, -0.15) is 0 Å². The largest absolute Gasteiger partial charge is 0.341 e. The van der Waals surface area contributed by atoms with Crippen molar-refractivity contribution in [3.8, 4) is 0 Å². The summed E-state index contributed by atoms with van der Waals surface area (Å²) in [6, 6.07) is 8.94. The van der Waals surface area contributed by atoms with Crippen LogP contribution in [0.5, 0.6) is 0 Å². The van der Waals surface area contributed by atoms with Gasteiger partial charge in [-0.15, -0.1) is 0 Å². The predicted octanol–water partition coefficient (Wildman–Crippen LogP) is 2.73. The van der Waals surface area contributed by atoms with E-state index in [4.69, 9.17) is 4.98 Å². The second-order valence-corrected chi connectivity index (χ2v) is 6.47. The standard InChI is InChI=1S/C17H26N4/c1-4-7-13-10-21(11-16(13)20(2)3)12-17-18-14-8-5-6-9-15(14)19-17/h5-6,8-9,13,16H,4,7,10-12H2,1-3H3,(H,18,19)/t13-,16-/m1/s1. The number of likely N-dealkylation sites (tertiary alicyclic amines) is 1. The van der Waals surface area contributed by atoms with Crippen LogP contribution < -0.4 is 0 Å². The third-order valence-electron chi connectivity index (χ3n) is 4.62. The molecule has 1 aliphatic rings. The zero-order valence-corrected chi connectivity index (χ0v) is 13.3. The zero-order valence-electron chi connectivity index (χ0n) is 13.3. The first-order valence-electron chi connectivity index (χ1n) is 7.99. The molecule has 0 saturated carbocycles. The number of benzene rings is 1. The first-order valence-corrected chi connectivity index (χ1v) is 7.99. The van der Waals surface area contributed by atoms with Gasteiger partial charge in [0.05, 0.1) is 17.6 Å². The second kappa shape index (κ2) is 6.16. The van der Waals surface area contributed by atoms with Gasteiger partial charge in [-0.25, -0.2) is 4.98 Å². The fraction of sp³-hybridized carbons (Fsp3) is 0.588. The zero-order chi connectivity index (χ0) is 14.8. The quantitative estimate of drug-likeness (QED) is 0.918. The molecule has 1 aromatic heterocycles. The van der Waals surface area contributed by atoms with Crippen LogP contribution in [0.1, 0.15) is 25.6 Å². The molecule has 1 fully saturated rings. The van der Waals surface area contributed by atoms with E-state index < -0.39 is 0 Å². The maximum absolute atomic E-state index is 4.71. The van der Waals surface area contributed by atoms with E-state index in [1.165, 1.54) is 19.4 Å². The van der Waals surface area contributed by atoms with E-state index in [0.29, 0.717) is 6.04 Å². The first-order chi connectivity index (χ1) is 10.2. The van der Waals surface area contributed by atoms with Crippen molar-refractivity contribution < 1.29 is 0 Å². The normalized spacial score (nSPS) is 23.4. The van der Waals surface area contributed by atoms with Crippen LogP contribution in [0.4, 0.5) is 0 Å². The number of rotatable bonds is 5. The van der Waals surface area contributed by atoms with Gasteiger partial charge in [0.2, 0.25) is 0 Å². The molecule has 114 valence electrons. The van der Waals surface area contributed by atoms with E-state index in [2.05, 4.69) is 54.0 Å². The van der Waals surface area contributed by atoms with Gasteiger partial charge in [0, 0.05) is 19.1 Å². The molecule has 4 heteroatoms. The lowest BCUT2D eigenvalue weighted by molar-refractivity contribution is 0.238. The van der Waals surface area contributed by atoms with Crippen molar-refractivity contribution in [2.75, 3.05) is 27.2 Å². The summed E-state index contributed by atoms with van der Waals surface area (Å²) in [5.41, 5.74) is 2.21. The van der Waals surface area contributed by atoms with Gasteiger partial charge in [-0.3, -0.25) is 4.90 Å². The minimum Gasteiger partial charge on any atom is -0.341 e. The van der Waals surface area contributed by atoms with E-state index >= 15 is 0 Å². The molecule has 3 rings (SSSR count). The number of H-pyrrole nitrogens is 1. The van der Waals surface area contributed by atoms with Crippen LogP contribution in [0.25, 0.3) is 11.0 Å². The lowest BCUT2D eigenvalue weighted by Gasteiger charge is -2.24. The lowest BCUT2D eigenvalue weighted by Crippen LogP contribution is -2.35. The fourth-order valence-corrected chi connectivity index (χ4v) is 3.60. The van der Waals surface area contributed by atoms with Crippen LogP contribution in [0.2, 0.25) is 0 Å². The molecule has 1 saturated heterocycles. The molecule has 2 heterocycles. The van der Waals surface area contributed by atoms with Crippen LogP contribution in [-0.2, 0) is 6.54 Å². The molecule has 2 aromatic rings. The number of hydrogen-bond acceptors (Lipinski definition) is 3. The minimum atomic E-state index is 0.675. The van der Waals surface area contributed by atoms with E-state index in [9.17, 15) is 0 Å². The van der Waals surface area contributed by atoms with Gasteiger partial charge < -0.3 is 9.88 Å². The number of imidazole rings is 1. The predicted molar refractivity (Wildman–Crippen MR) is 87.2 cm³/mol. The SMILES string of the molecule is CCC[C@@H]1CN(Cc2nc3ccccc3[nH]2)C[C@H]1N(C)C. The smallest absolute Gasteiger partial charge is 0.121 e. The third-order valence-corrected chi connectivity index (χ3v) is 4.62. The summed E-state index contributed by atoms with van der Waals surface area (Å²) in [6.07, 6.45) is 2.59. The Morgan fingerprint density at radius 2 is 2.10 bits per heavy atom. The summed E-state index contributed by atoms with van der Waals surface area (Å²) < 4.78 is 0. The van der Waals surface area contributed by atoms with E-state index in [1.807, 2.05) is 6.07 Å². The topological polar surface area (TPSA) is 35.2 Å². The van der Waals surface area contributed by atoms with Gasteiger partial charge in [-0.1, -0.05) is 25.5 Å². The van der Waals surface area contributed by atoms with Gasteiger partial charge in [0.1, 0.15) is 5.82 Å². The summed E-state index contributed by atoms with van der Waals surface area (Å²) >= 11 is 0. The van der Waals surface area contributed by atoms with E-state index in [1.54, 1.807) is 0 Å². The van der Waals surface area contributed by atoms with Crippen LogP contribution in [0, 0.1) is 5.92 Å². The molecule has 4 nitrogen and oxygen atoms in total. The summed E-state index contributed by atoms with van der Waals surface area (Å²) in [4.78, 5) is 13.1. The summed E-state index contributed by atoms with van der Waals surface area (Å²) in [7, 11) is 4.41. The molecule has 0 bridgehead atoms. The molecule has 0 unspecified atom stereocenters. The van der Waals surface area contributed by atoms with Crippen LogP contribution in [0.15, 0.2) is 24.3 Å². The molecular formula is C17H26N4. The molecule has 1 N–H and O–H groups in total. The Balaban J connectivity index is 1.70. The Labute approximate surface area is 127 Å². The molecule has 2 atom stereocenters. The first kappa shape index (κ1) is 14.5. The monoisotopic (exact) mass is 286 g/mol. The van der Waals surface area contributed by atoms with Crippen molar-refractivity contribution in [1.82, 2.24) is 19.8 Å². The number of aromatic nitrogens is 2. The average Bonchev–Trinajstić information content (AvgIpc) is 3.02. The fourth-order valence-electron chi connectivity index (χ4n) is 3.60. The molecule has 0 aliphatic carbocycles. The maximum atomic E-state index is 4.71. The summed E-state index contributed by atoms with van der Waals surface area (Å²) in [5.74, 6) is 1.88. The maximum Gasteiger partial charge on any atom is 0.121 e. The Morgan fingerprint density at radius 1 is 1.29 bits per heavy atom. The highest BCUT2D eigenvalue weighted by Crippen LogP contribution is 2.26. The Kier molecular flexibility index (Phi) is 4.27. The van der Waals surface area contributed by atoms with Crippen molar-refractivity contribution in [2.45, 2.75) is 32.4 Å². The van der Waals surface area contributed by atoms with Gasteiger partial charge in [0.15, 0.2) is 0 Å². The molecule has 0 amide bonds. The average molecular weight is 286 g/mol. The minimum absolute atomic E-state index is 0.675. The lowest BCUT2D eigenvalue weighted by atomic mass is 9.98. The van der Waals surface area contributed by atoms with Crippen molar-refractivity contribution in [1.29, 1.82) is 0 Å². The number of aromatic amines is 1. The summed E-state index contributed by atoms with van der Waals surface area (Å²) in [5, 5.41) is 0. The van der Waals surface area contributed by atoms with Crippen LogP contribution in [-0.4, -0.2) is 53.0 Å². The van der Waals surface area contributed by atoms with Gasteiger partial charge in [0.25, 0.3) is 0 Å². The second-order valence-electron chi connectivity index (χ2n) is 6.47. The number of likely N-dealkylation sites (N-methyl/N-ethyl adjacent to an activating group) is 1. The number of nitrogens with zero attached hydrogens (tertiary/aromatic N) is 3. The van der Waals surface area contributed by atoms with Crippen molar-refractivity contribution >= 4 is 11.0 Å². The highest BCUT2D eigenvalue weighted by atomic mass is 15.2. The van der Waals surface area contributed by atoms with Crippen LogP contribution >= 0.6 is 0 Å². The molecular weight excluding hydrogens is 260 g/mol. The molecule has 21 heavy (non-hydrogen) atoms. The molecule has 0 spiro atoms. The highest BCUT2D eigenvalue weighted by Gasteiger charge is 2.33. The Hall–Kier alpha value is -1.39. The number of fused-ring (bicyclic) bond motifs is 1. The Morgan fingerprint density at radius 3 is 2.81 bits per heavy atom. The van der Waals surface area contributed by atoms with E-state index in [0.717, 1.165) is 35.9 Å². The Bertz CT molecular complexity index is 556. The van der Waals surface area contributed by atoms with Crippen molar-refractivity contribution in [3.63, 3.8) is 0 Å². The van der Waals surface area contributed by atoms with Crippen molar-refractivity contribution in [2.24, 2.45) is 5.92 Å². The number of para-hydroxylation sites is 2. The van der Waals surface area contributed by atoms with Crippen LogP contribution in [0.3, 0.4) is 0 Å². The van der Waals surface area contributed by atoms with Gasteiger partial charge >= 0.3 is 0 Å². The summed E-state index contributed by atoms with van der Waals surface area (Å²) in [6.45, 7) is 5.55. The molecule has 1 aliphatic heterocycles. The van der Waals surface area contributed by atoms with Crippen molar-refractivity contribution in [3.05, 3.63) is 30.1 Å². The number of nitrogens with one attached hydrogen (secondary N) is 1.